The third kappa shape index (κ3) is 4.03. The van der Waals surface area contributed by atoms with Gasteiger partial charge in [-0.25, -0.2) is 4.98 Å². The lowest BCUT2D eigenvalue weighted by molar-refractivity contribution is 0.0943. The maximum Gasteiger partial charge on any atom is 0.251 e. The van der Waals surface area contributed by atoms with Crippen molar-refractivity contribution in [3.05, 3.63) is 23.9 Å². The molecule has 1 heterocycles. The monoisotopic (exact) mass is 236 g/mol. The number of hydrogen-bond acceptors (Lipinski definition) is 4. The van der Waals surface area contributed by atoms with E-state index < -0.39 is 0 Å². The Kier molecular flexibility index (Phi) is 4.90. The fourth-order valence-electron chi connectivity index (χ4n) is 1.23. The third-order valence-corrected chi connectivity index (χ3v) is 2.72. The maximum absolute atomic E-state index is 11.9. The number of aromatic nitrogens is 1. The Morgan fingerprint density at radius 3 is 2.82 bits per heavy atom. The second kappa shape index (κ2) is 6.20. The van der Waals surface area contributed by atoms with Gasteiger partial charge in [-0.05, 0) is 33.2 Å². The van der Waals surface area contributed by atoms with E-state index in [2.05, 4.69) is 27.4 Å². The van der Waals surface area contributed by atoms with Gasteiger partial charge in [0.25, 0.3) is 5.91 Å². The lowest BCUT2D eigenvalue weighted by atomic mass is 10.2. The van der Waals surface area contributed by atoms with E-state index in [1.54, 1.807) is 25.4 Å². The van der Waals surface area contributed by atoms with Gasteiger partial charge in [0.1, 0.15) is 5.82 Å². The molecule has 1 aromatic rings. The number of amides is 1. The number of hydrogen-bond donors (Lipinski definition) is 2. The molecule has 0 aromatic carbocycles. The second-order valence-electron chi connectivity index (χ2n) is 4.20. The minimum absolute atomic E-state index is 0.0717. The van der Waals surface area contributed by atoms with E-state index in [0.29, 0.717) is 24.0 Å². The summed E-state index contributed by atoms with van der Waals surface area (Å²) >= 11 is 0. The van der Waals surface area contributed by atoms with E-state index in [-0.39, 0.29) is 5.91 Å². The van der Waals surface area contributed by atoms with Gasteiger partial charge in [0.05, 0.1) is 0 Å². The summed E-state index contributed by atoms with van der Waals surface area (Å²) in [6, 6.07) is 3.75. The quantitative estimate of drug-likeness (QED) is 0.794. The number of pyridine rings is 1. The highest BCUT2D eigenvalue weighted by molar-refractivity contribution is 5.94. The van der Waals surface area contributed by atoms with Crippen molar-refractivity contribution in [2.75, 3.05) is 33.0 Å². The third-order valence-electron chi connectivity index (χ3n) is 2.72. The predicted molar refractivity (Wildman–Crippen MR) is 69.3 cm³/mol. The summed E-state index contributed by atoms with van der Waals surface area (Å²) in [6.45, 7) is 2.69. The average Bonchev–Trinajstić information content (AvgIpc) is 2.35. The van der Waals surface area contributed by atoms with Gasteiger partial charge >= 0.3 is 0 Å². The zero-order valence-electron chi connectivity index (χ0n) is 10.8. The minimum atomic E-state index is -0.0717. The summed E-state index contributed by atoms with van der Waals surface area (Å²) in [5.41, 5.74) is 0.621. The fraction of sp³-hybridized carbons (Fsp3) is 0.500. The number of likely N-dealkylation sites (N-methyl/N-ethyl adjacent to an activating group) is 1. The van der Waals surface area contributed by atoms with E-state index >= 15 is 0 Å². The Hall–Kier alpha value is -1.62. The first-order valence-electron chi connectivity index (χ1n) is 5.63. The zero-order chi connectivity index (χ0) is 12.8. The molecule has 0 aliphatic rings. The molecule has 0 bridgehead atoms. The molecule has 1 atom stereocenters. The standard InChI is InChI=1S/C12H20N4O/c1-9(16(3)4)8-15-12(17)10-5-6-14-11(7-10)13-2/h5-7,9H,8H2,1-4H3,(H,13,14)(H,15,17). The van der Waals surface area contributed by atoms with E-state index in [0.717, 1.165) is 0 Å². The molecule has 1 rings (SSSR count). The Morgan fingerprint density at radius 2 is 2.24 bits per heavy atom. The molecule has 0 fully saturated rings. The van der Waals surface area contributed by atoms with Crippen LogP contribution in [0.1, 0.15) is 17.3 Å². The van der Waals surface area contributed by atoms with E-state index in [1.165, 1.54) is 0 Å². The molecule has 0 radical (unpaired) electrons. The van der Waals surface area contributed by atoms with Crippen LogP contribution in [-0.4, -0.2) is 49.5 Å². The number of nitrogens with one attached hydrogen (secondary N) is 2. The number of nitrogens with zero attached hydrogens (tertiary/aromatic N) is 2. The van der Waals surface area contributed by atoms with Gasteiger partial charge in [-0.1, -0.05) is 0 Å². The first kappa shape index (κ1) is 13.4. The summed E-state index contributed by atoms with van der Waals surface area (Å²) in [5, 5.41) is 5.80. The van der Waals surface area contributed by atoms with Crippen LogP contribution in [0, 0.1) is 0 Å². The molecule has 5 heteroatoms. The largest absolute Gasteiger partial charge is 0.373 e. The number of rotatable bonds is 5. The molecule has 0 saturated carbocycles. The minimum Gasteiger partial charge on any atom is -0.373 e. The van der Waals surface area contributed by atoms with Gasteiger partial charge in [0.15, 0.2) is 0 Å². The topological polar surface area (TPSA) is 57.3 Å². The fourth-order valence-corrected chi connectivity index (χ4v) is 1.23. The van der Waals surface area contributed by atoms with Crippen LogP contribution >= 0.6 is 0 Å². The first-order chi connectivity index (χ1) is 8.04. The number of carbonyl (C=O) groups is 1. The molecule has 0 aliphatic heterocycles. The highest BCUT2D eigenvalue weighted by Gasteiger charge is 2.09. The van der Waals surface area contributed by atoms with Crippen molar-refractivity contribution < 1.29 is 4.79 Å². The van der Waals surface area contributed by atoms with Crippen LogP contribution in [0.3, 0.4) is 0 Å². The predicted octanol–water partition coefficient (Wildman–Crippen LogP) is 0.803. The van der Waals surface area contributed by atoms with E-state index in [9.17, 15) is 4.79 Å². The van der Waals surface area contributed by atoms with Crippen molar-refractivity contribution in [1.82, 2.24) is 15.2 Å². The summed E-state index contributed by atoms with van der Waals surface area (Å²) in [4.78, 5) is 18.0. The van der Waals surface area contributed by atoms with Crippen molar-refractivity contribution in [2.24, 2.45) is 0 Å². The Morgan fingerprint density at radius 1 is 1.53 bits per heavy atom. The molecule has 0 aliphatic carbocycles. The van der Waals surface area contributed by atoms with Crippen LogP contribution in [0.4, 0.5) is 5.82 Å². The zero-order valence-corrected chi connectivity index (χ0v) is 10.8. The van der Waals surface area contributed by atoms with Gasteiger partial charge in [0.2, 0.25) is 0 Å². The highest BCUT2D eigenvalue weighted by Crippen LogP contribution is 2.05. The Bertz CT molecular complexity index is 379. The summed E-state index contributed by atoms with van der Waals surface area (Å²) < 4.78 is 0. The van der Waals surface area contributed by atoms with Crippen LogP contribution in [0.5, 0.6) is 0 Å². The van der Waals surface area contributed by atoms with Crippen LogP contribution < -0.4 is 10.6 Å². The molecule has 94 valence electrons. The van der Waals surface area contributed by atoms with Crippen LogP contribution in [0.15, 0.2) is 18.3 Å². The number of anilines is 1. The highest BCUT2D eigenvalue weighted by atomic mass is 16.1. The molecular formula is C12H20N4O. The molecule has 1 unspecified atom stereocenters. The lowest BCUT2D eigenvalue weighted by Crippen LogP contribution is -2.38. The normalized spacial score (nSPS) is 12.3. The molecular weight excluding hydrogens is 216 g/mol. The van der Waals surface area contributed by atoms with E-state index in [4.69, 9.17) is 0 Å². The smallest absolute Gasteiger partial charge is 0.251 e. The maximum atomic E-state index is 11.9. The molecule has 17 heavy (non-hydrogen) atoms. The van der Waals surface area contributed by atoms with Gasteiger partial charge in [-0.3, -0.25) is 4.79 Å². The van der Waals surface area contributed by atoms with Crippen molar-refractivity contribution in [2.45, 2.75) is 13.0 Å². The van der Waals surface area contributed by atoms with Crippen LogP contribution in [0.2, 0.25) is 0 Å². The van der Waals surface area contributed by atoms with Gasteiger partial charge in [0, 0.05) is 31.4 Å². The summed E-state index contributed by atoms with van der Waals surface area (Å²) in [6.07, 6.45) is 1.62. The second-order valence-corrected chi connectivity index (χ2v) is 4.20. The average molecular weight is 236 g/mol. The molecule has 2 N–H and O–H groups in total. The van der Waals surface area contributed by atoms with Crippen molar-refractivity contribution in [3.63, 3.8) is 0 Å². The molecule has 0 spiro atoms. The van der Waals surface area contributed by atoms with Crippen molar-refractivity contribution in [3.8, 4) is 0 Å². The molecule has 0 saturated heterocycles. The number of carbonyl (C=O) groups excluding carboxylic acids is 1. The van der Waals surface area contributed by atoms with Crippen molar-refractivity contribution in [1.29, 1.82) is 0 Å². The summed E-state index contributed by atoms with van der Waals surface area (Å²) in [5.74, 6) is 0.621. The Labute approximate surface area is 102 Å². The molecule has 5 nitrogen and oxygen atoms in total. The van der Waals surface area contributed by atoms with Gasteiger partial charge < -0.3 is 15.5 Å². The van der Waals surface area contributed by atoms with Crippen LogP contribution in [0.25, 0.3) is 0 Å². The lowest BCUT2D eigenvalue weighted by Gasteiger charge is -2.19. The van der Waals surface area contributed by atoms with Gasteiger partial charge in [-0.15, -0.1) is 0 Å². The van der Waals surface area contributed by atoms with Crippen molar-refractivity contribution >= 4 is 11.7 Å². The van der Waals surface area contributed by atoms with Crippen LogP contribution in [-0.2, 0) is 0 Å². The summed E-state index contributed by atoms with van der Waals surface area (Å²) in [7, 11) is 5.75. The van der Waals surface area contributed by atoms with Gasteiger partial charge in [-0.2, -0.15) is 0 Å². The molecule has 1 amide bonds. The SMILES string of the molecule is CNc1cc(C(=O)NCC(C)N(C)C)ccn1. The molecule has 1 aromatic heterocycles. The first-order valence-corrected chi connectivity index (χ1v) is 5.63. The van der Waals surface area contributed by atoms with E-state index in [1.807, 2.05) is 14.1 Å². The Balaban J connectivity index is 2.57.